The maximum atomic E-state index is 9.79. The molecule has 90 valence electrons. The fourth-order valence-electron chi connectivity index (χ4n) is 1.30. The van der Waals surface area contributed by atoms with Gasteiger partial charge < -0.3 is 10.4 Å². The van der Waals surface area contributed by atoms with Crippen molar-refractivity contribution >= 4 is 33.3 Å². The predicted molar refractivity (Wildman–Crippen MR) is 68.7 cm³/mol. The van der Waals surface area contributed by atoms with E-state index in [1.807, 2.05) is 13.8 Å². The van der Waals surface area contributed by atoms with Crippen molar-refractivity contribution in [2.45, 2.75) is 38.8 Å². The van der Waals surface area contributed by atoms with Gasteiger partial charge in [-0.15, -0.1) is 0 Å². The van der Waals surface area contributed by atoms with E-state index in [9.17, 15) is 5.11 Å². The average molecular weight is 309 g/mol. The van der Waals surface area contributed by atoms with Crippen molar-refractivity contribution in [1.82, 2.24) is 9.97 Å². The summed E-state index contributed by atoms with van der Waals surface area (Å²) >= 11 is 9.01. The molecule has 0 spiro atoms. The Bertz CT molecular complexity index is 351. The quantitative estimate of drug-likeness (QED) is 0.821. The van der Waals surface area contributed by atoms with Crippen LogP contribution in [-0.2, 0) is 0 Å². The number of nitrogens with zero attached hydrogens (tertiary/aromatic N) is 2. The molecule has 2 unspecified atom stereocenters. The Labute approximate surface area is 109 Å². The lowest BCUT2D eigenvalue weighted by Gasteiger charge is -2.20. The molecule has 4 nitrogen and oxygen atoms in total. The topological polar surface area (TPSA) is 58.0 Å². The van der Waals surface area contributed by atoms with E-state index in [4.69, 9.17) is 11.6 Å². The summed E-state index contributed by atoms with van der Waals surface area (Å²) in [4.78, 5) is 7.87. The van der Waals surface area contributed by atoms with Crippen LogP contribution in [0.2, 0.25) is 5.28 Å². The van der Waals surface area contributed by atoms with Crippen LogP contribution < -0.4 is 5.32 Å². The van der Waals surface area contributed by atoms with Gasteiger partial charge in [-0.25, -0.2) is 4.98 Å². The number of anilines is 1. The molecule has 16 heavy (non-hydrogen) atoms. The Morgan fingerprint density at radius 2 is 2.31 bits per heavy atom. The van der Waals surface area contributed by atoms with Gasteiger partial charge in [0.2, 0.25) is 5.28 Å². The molecule has 6 heteroatoms. The van der Waals surface area contributed by atoms with E-state index >= 15 is 0 Å². The minimum absolute atomic E-state index is 0.0813. The monoisotopic (exact) mass is 307 g/mol. The number of aliphatic hydroxyl groups excluding tert-OH is 1. The minimum Gasteiger partial charge on any atom is -0.391 e. The van der Waals surface area contributed by atoms with E-state index in [-0.39, 0.29) is 11.3 Å². The van der Waals surface area contributed by atoms with Crippen LogP contribution in [-0.4, -0.2) is 27.2 Å². The van der Waals surface area contributed by atoms with Crippen molar-refractivity contribution in [3.05, 3.63) is 16.0 Å². The lowest BCUT2D eigenvalue weighted by Crippen LogP contribution is -2.31. The van der Waals surface area contributed by atoms with Gasteiger partial charge in [-0.1, -0.05) is 13.3 Å². The number of aromatic nitrogens is 2. The predicted octanol–water partition coefficient (Wildman–Crippen LogP) is 2.85. The van der Waals surface area contributed by atoms with Crippen LogP contribution in [0.3, 0.4) is 0 Å². The van der Waals surface area contributed by atoms with Crippen molar-refractivity contribution in [3.63, 3.8) is 0 Å². The number of rotatable bonds is 5. The minimum atomic E-state index is -0.398. The summed E-state index contributed by atoms with van der Waals surface area (Å²) in [6.45, 7) is 3.94. The molecule has 1 aromatic rings. The molecule has 0 saturated heterocycles. The second-order valence-electron chi connectivity index (χ2n) is 3.62. The van der Waals surface area contributed by atoms with Crippen LogP contribution >= 0.6 is 27.5 Å². The zero-order chi connectivity index (χ0) is 12.1. The van der Waals surface area contributed by atoms with E-state index < -0.39 is 6.10 Å². The molecule has 2 atom stereocenters. The molecule has 0 radical (unpaired) electrons. The van der Waals surface area contributed by atoms with Gasteiger partial charge in [-0.2, -0.15) is 4.98 Å². The van der Waals surface area contributed by atoms with Gasteiger partial charge in [-0.3, -0.25) is 0 Å². The molecule has 0 aromatic carbocycles. The molecular weight excluding hydrogens is 293 g/mol. The molecule has 0 aliphatic rings. The van der Waals surface area contributed by atoms with Crippen molar-refractivity contribution in [2.75, 3.05) is 5.32 Å². The third-order valence-electron chi connectivity index (χ3n) is 2.24. The molecule has 0 aliphatic carbocycles. The molecule has 1 rings (SSSR count). The number of nitrogens with one attached hydrogen (secondary N) is 1. The first-order valence-electron chi connectivity index (χ1n) is 5.17. The molecule has 0 amide bonds. The lowest BCUT2D eigenvalue weighted by molar-refractivity contribution is 0.147. The first-order valence-corrected chi connectivity index (χ1v) is 6.34. The van der Waals surface area contributed by atoms with Crippen molar-refractivity contribution in [1.29, 1.82) is 0 Å². The number of hydrogen-bond donors (Lipinski definition) is 2. The SMILES string of the molecule is CCCC(O)C(C)Nc1nc(Cl)ncc1Br. The van der Waals surface area contributed by atoms with Gasteiger partial charge in [0.25, 0.3) is 0 Å². The second-order valence-corrected chi connectivity index (χ2v) is 4.82. The molecule has 2 N–H and O–H groups in total. The summed E-state index contributed by atoms with van der Waals surface area (Å²) < 4.78 is 0.729. The van der Waals surface area contributed by atoms with Gasteiger partial charge in [0.15, 0.2) is 0 Å². The van der Waals surface area contributed by atoms with Crippen LogP contribution in [0, 0.1) is 0 Å². The van der Waals surface area contributed by atoms with Gasteiger partial charge in [0.1, 0.15) is 5.82 Å². The lowest BCUT2D eigenvalue weighted by atomic mass is 10.1. The van der Waals surface area contributed by atoms with E-state index in [0.717, 1.165) is 17.3 Å². The average Bonchev–Trinajstić information content (AvgIpc) is 2.23. The summed E-state index contributed by atoms with van der Waals surface area (Å²) in [5.41, 5.74) is 0. The zero-order valence-corrected chi connectivity index (χ0v) is 11.6. The Morgan fingerprint density at radius 1 is 1.62 bits per heavy atom. The summed E-state index contributed by atoms with van der Waals surface area (Å²) in [6, 6.07) is -0.0813. The summed E-state index contributed by atoms with van der Waals surface area (Å²) in [5, 5.41) is 13.1. The van der Waals surface area contributed by atoms with Crippen LogP contribution in [0.25, 0.3) is 0 Å². The highest BCUT2D eigenvalue weighted by Gasteiger charge is 2.15. The molecule has 1 aromatic heterocycles. The molecule has 1 heterocycles. The van der Waals surface area contributed by atoms with E-state index in [2.05, 4.69) is 31.2 Å². The van der Waals surface area contributed by atoms with Crippen LogP contribution in [0.1, 0.15) is 26.7 Å². The highest BCUT2D eigenvalue weighted by Crippen LogP contribution is 2.21. The summed E-state index contributed by atoms with van der Waals surface area (Å²) in [7, 11) is 0. The summed E-state index contributed by atoms with van der Waals surface area (Å²) in [6.07, 6.45) is 2.88. The second kappa shape index (κ2) is 6.37. The smallest absolute Gasteiger partial charge is 0.224 e. The Balaban J connectivity index is 2.68. The Kier molecular flexibility index (Phi) is 5.44. The summed E-state index contributed by atoms with van der Waals surface area (Å²) in [5.74, 6) is 0.600. The van der Waals surface area contributed by atoms with Gasteiger partial charge >= 0.3 is 0 Å². The van der Waals surface area contributed by atoms with Crippen molar-refractivity contribution in [2.24, 2.45) is 0 Å². The standard InChI is InChI=1S/C10H15BrClN3O/c1-3-4-8(16)6(2)14-9-7(11)5-13-10(12)15-9/h5-6,8,16H,3-4H2,1-2H3,(H,13,14,15). The largest absolute Gasteiger partial charge is 0.391 e. The highest BCUT2D eigenvalue weighted by atomic mass is 79.9. The van der Waals surface area contributed by atoms with Gasteiger partial charge in [-0.05, 0) is 40.9 Å². The number of aliphatic hydroxyl groups is 1. The normalized spacial score (nSPS) is 14.6. The molecule has 0 bridgehead atoms. The number of hydrogen-bond acceptors (Lipinski definition) is 4. The number of halogens is 2. The van der Waals surface area contributed by atoms with Crippen LogP contribution in [0.5, 0.6) is 0 Å². The first-order chi connectivity index (χ1) is 7.54. The van der Waals surface area contributed by atoms with E-state index in [1.54, 1.807) is 6.20 Å². The maximum Gasteiger partial charge on any atom is 0.224 e. The maximum absolute atomic E-state index is 9.79. The first kappa shape index (κ1) is 13.7. The van der Waals surface area contributed by atoms with E-state index in [1.165, 1.54) is 0 Å². The van der Waals surface area contributed by atoms with Gasteiger partial charge in [0.05, 0.1) is 16.6 Å². The molecule has 0 aliphatic heterocycles. The fraction of sp³-hybridized carbons (Fsp3) is 0.600. The third kappa shape index (κ3) is 3.88. The highest BCUT2D eigenvalue weighted by molar-refractivity contribution is 9.10. The van der Waals surface area contributed by atoms with Crippen LogP contribution in [0.15, 0.2) is 10.7 Å². The third-order valence-corrected chi connectivity index (χ3v) is 3.00. The molecule has 0 fully saturated rings. The van der Waals surface area contributed by atoms with Gasteiger partial charge in [0, 0.05) is 6.20 Å². The van der Waals surface area contributed by atoms with Crippen molar-refractivity contribution < 1.29 is 5.11 Å². The Morgan fingerprint density at radius 3 is 2.94 bits per heavy atom. The fourth-order valence-corrected chi connectivity index (χ4v) is 1.74. The molecule has 0 saturated carbocycles. The van der Waals surface area contributed by atoms with Crippen LogP contribution in [0.4, 0.5) is 5.82 Å². The van der Waals surface area contributed by atoms with E-state index in [0.29, 0.717) is 5.82 Å². The Hall–Kier alpha value is -0.390. The van der Waals surface area contributed by atoms with Crippen molar-refractivity contribution in [3.8, 4) is 0 Å². The molecular formula is C10H15BrClN3O. The zero-order valence-electron chi connectivity index (χ0n) is 9.24.